The normalized spacial score (nSPS) is 11.1. The molecule has 0 aliphatic heterocycles. The van der Waals surface area contributed by atoms with Crippen molar-refractivity contribution in [3.05, 3.63) is 53.7 Å². The Labute approximate surface area is 131 Å². The summed E-state index contributed by atoms with van der Waals surface area (Å²) in [6.45, 7) is 2.43. The van der Waals surface area contributed by atoms with Crippen LogP contribution >= 0.6 is 0 Å². The van der Waals surface area contributed by atoms with Crippen LogP contribution in [0, 0.1) is 0 Å². The fourth-order valence-electron chi connectivity index (χ4n) is 1.88. The second-order valence-corrected chi connectivity index (χ2v) is 4.73. The molecule has 0 fully saturated rings. The van der Waals surface area contributed by atoms with Crippen LogP contribution < -0.4 is 10.1 Å². The summed E-state index contributed by atoms with van der Waals surface area (Å²) in [4.78, 5) is 15.5. The van der Waals surface area contributed by atoms with Crippen molar-refractivity contribution in [2.75, 3.05) is 11.9 Å². The number of pyridine rings is 1. The number of halogens is 3. The summed E-state index contributed by atoms with van der Waals surface area (Å²) in [5.74, 6) is 0.427. The van der Waals surface area contributed by atoms with E-state index in [4.69, 9.17) is 4.74 Å². The number of carbonyl (C=O) groups is 1. The molecule has 0 radical (unpaired) electrons. The monoisotopic (exact) mass is 324 g/mol. The highest BCUT2D eigenvalue weighted by atomic mass is 19.4. The van der Waals surface area contributed by atoms with Crippen molar-refractivity contribution in [1.29, 1.82) is 0 Å². The highest BCUT2D eigenvalue weighted by Gasteiger charge is 2.30. The van der Waals surface area contributed by atoms with Crippen LogP contribution in [0.2, 0.25) is 0 Å². The first kappa shape index (κ1) is 16.8. The summed E-state index contributed by atoms with van der Waals surface area (Å²) in [5, 5.41) is 2.46. The van der Waals surface area contributed by atoms with Crippen molar-refractivity contribution in [2.24, 2.45) is 0 Å². The van der Waals surface area contributed by atoms with Crippen LogP contribution in [0.3, 0.4) is 0 Å². The molecule has 1 amide bonds. The van der Waals surface area contributed by atoms with Crippen molar-refractivity contribution in [3.8, 4) is 5.75 Å². The second-order valence-electron chi connectivity index (χ2n) is 4.73. The number of anilines is 1. The molecule has 0 unspecified atom stereocenters. The van der Waals surface area contributed by atoms with Gasteiger partial charge in [-0.3, -0.25) is 4.79 Å². The van der Waals surface area contributed by atoms with Gasteiger partial charge in [0.1, 0.15) is 11.6 Å². The Balaban J connectivity index is 1.94. The zero-order chi connectivity index (χ0) is 16.9. The van der Waals surface area contributed by atoms with Crippen molar-refractivity contribution in [3.63, 3.8) is 0 Å². The molecule has 1 heterocycles. The maximum Gasteiger partial charge on any atom is 0.417 e. The van der Waals surface area contributed by atoms with Gasteiger partial charge >= 0.3 is 6.18 Å². The van der Waals surface area contributed by atoms with Gasteiger partial charge < -0.3 is 10.1 Å². The van der Waals surface area contributed by atoms with Gasteiger partial charge in [-0.05, 0) is 36.8 Å². The lowest BCUT2D eigenvalue weighted by Gasteiger charge is -2.08. The number of hydrogen-bond acceptors (Lipinski definition) is 3. The third-order valence-electron chi connectivity index (χ3n) is 2.96. The number of hydrogen-bond donors (Lipinski definition) is 1. The summed E-state index contributed by atoms with van der Waals surface area (Å²) >= 11 is 0. The minimum Gasteiger partial charge on any atom is -0.494 e. The summed E-state index contributed by atoms with van der Waals surface area (Å²) in [7, 11) is 0. The standard InChI is InChI=1S/C16H15F3N2O2/c1-2-23-13-6-3-11(4-7-13)9-15(22)21-14-8-5-12(10-20-14)16(17,18)19/h3-8,10H,2,9H2,1H3,(H,20,21,22). The van der Waals surface area contributed by atoms with E-state index in [0.717, 1.165) is 17.7 Å². The Morgan fingerprint density at radius 3 is 2.39 bits per heavy atom. The number of amides is 1. The average Bonchev–Trinajstić information content (AvgIpc) is 2.49. The predicted octanol–water partition coefficient (Wildman–Crippen LogP) is 3.68. The molecule has 122 valence electrons. The van der Waals surface area contributed by atoms with E-state index in [-0.39, 0.29) is 18.1 Å². The van der Waals surface area contributed by atoms with E-state index in [0.29, 0.717) is 18.6 Å². The van der Waals surface area contributed by atoms with E-state index in [1.807, 2.05) is 6.92 Å². The molecule has 0 saturated heterocycles. The molecule has 1 aromatic heterocycles. The third-order valence-corrected chi connectivity index (χ3v) is 2.96. The van der Waals surface area contributed by atoms with Gasteiger partial charge in [0.15, 0.2) is 0 Å². The SMILES string of the molecule is CCOc1ccc(CC(=O)Nc2ccc(C(F)(F)F)cn2)cc1. The molecule has 0 bridgehead atoms. The van der Waals surface area contributed by atoms with Crippen molar-refractivity contribution in [1.82, 2.24) is 4.98 Å². The molecule has 4 nitrogen and oxygen atoms in total. The fourth-order valence-corrected chi connectivity index (χ4v) is 1.88. The molecule has 0 atom stereocenters. The van der Waals surface area contributed by atoms with Gasteiger partial charge in [-0.1, -0.05) is 12.1 Å². The topological polar surface area (TPSA) is 51.2 Å². The number of ether oxygens (including phenoxy) is 1. The van der Waals surface area contributed by atoms with Gasteiger partial charge in [-0.15, -0.1) is 0 Å². The van der Waals surface area contributed by atoms with E-state index < -0.39 is 11.7 Å². The highest BCUT2D eigenvalue weighted by molar-refractivity contribution is 5.91. The Bertz CT molecular complexity index is 653. The van der Waals surface area contributed by atoms with Gasteiger partial charge in [0.2, 0.25) is 5.91 Å². The van der Waals surface area contributed by atoms with E-state index in [9.17, 15) is 18.0 Å². The highest BCUT2D eigenvalue weighted by Crippen LogP contribution is 2.28. The van der Waals surface area contributed by atoms with Crippen molar-refractivity contribution < 1.29 is 22.7 Å². The van der Waals surface area contributed by atoms with Crippen LogP contribution in [0.5, 0.6) is 5.75 Å². The lowest BCUT2D eigenvalue weighted by molar-refractivity contribution is -0.137. The van der Waals surface area contributed by atoms with Crippen molar-refractivity contribution in [2.45, 2.75) is 19.5 Å². The van der Waals surface area contributed by atoms with Gasteiger partial charge in [0, 0.05) is 6.20 Å². The predicted molar refractivity (Wildman–Crippen MR) is 79.2 cm³/mol. The minimum atomic E-state index is -4.45. The Hall–Kier alpha value is -2.57. The van der Waals surface area contributed by atoms with Gasteiger partial charge in [0.25, 0.3) is 0 Å². The molecule has 1 aromatic carbocycles. The number of nitrogens with zero attached hydrogens (tertiary/aromatic N) is 1. The van der Waals surface area contributed by atoms with Crippen LogP contribution in [-0.2, 0) is 17.4 Å². The molecule has 2 rings (SSSR count). The quantitative estimate of drug-likeness (QED) is 0.913. The van der Waals surface area contributed by atoms with Crippen LogP contribution in [0.4, 0.5) is 19.0 Å². The van der Waals surface area contributed by atoms with E-state index in [1.165, 1.54) is 0 Å². The zero-order valence-electron chi connectivity index (χ0n) is 12.4. The van der Waals surface area contributed by atoms with E-state index >= 15 is 0 Å². The summed E-state index contributed by atoms with van der Waals surface area (Å²) in [6.07, 6.45) is -3.67. The largest absolute Gasteiger partial charge is 0.494 e. The molecule has 0 aliphatic carbocycles. The van der Waals surface area contributed by atoms with Gasteiger partial charge in [-0.25, -0.2) is 4.98 Å². The molecule has 23 heavy (non-hydrogen) atoms. The maximum atomic E-state index is 12.4. The number of alkyl halides is 3. The first-order chi connectivity index (χ1) is 10.9. The molecule has 0 spiro atoms. The molecular weight excluding hydrogens is 309 g/mol. The van der Waals surface area contributed by atoms with E-state index in [2.05, 4.69) is 10.3 Å². The van der Waals surface area contributed by atoms with Gasteiger partial charge in [-0.2, -0.15) is 13.2 Å². The average molecular weight is 324 g/mol. The summed E-state index contributed by atoms with van der Waals surface area (Å²) in [5.41, 5.74) is -0.0973. The number of nitrogens with one attached hydrogen (secondary N) is 1. The Morgan fingerprint density at radius 1 is 1.17 bits per heavy atom. The second kappa shape index (κ2) is 7.13. The molecule has 0 aliphatic rings. The lowest BCUT2D eigenvalue weighted by atomic mass is 10.1. The molecule has 7 heteroatoms. The first-order valence-corrected chi connectivity index (χ1v) is 6.93. The smallest absolute Gasteiger partial charge is 0.417 e. The fraction of sp³-hybridized carbons (Fsp3) is 0.250. The maximum absolute atomic E-state index is 12.4. The summed E-state index contributed by atoms with van der Waals surface area (Å²) < 4.78 is 42.6. The third kappa shape index (κ3) is 4.98. The zero-order valence-corrected chi connectivity index (χ0v) is 12.4. The molecule has 0 saturated carbocycles. The molecule has 1 N–H and O–H groups in total. The summed E-state index contributed by atoms with van der Waals surface area (Å²) in [6, 6.07) is 9.01. The van der Waals surface area contributed by atoms with Crippen LogP contribution in [-0.4, -0.2) is 17.5 Å². The molecule has 2 aromatic rings. The first-order valence-electron chi connectivity index (χ1n) is 6.93. The Morgan fingerprint density at radius 2 is 1.87 bits per heavy atom. The van der Waals surface area contributed by atoms with Crippen LogP contribution in [0.25, 0.3) is 0 Å². The lowest BCUT2D eigenvalue weighted by Crippen LogP contribution is -2.15. The van der Waals surface area contributed by atoms with Gasteiger partial charge in [0.05, 0.1) is 18.6 Å². The number of carbonyl (C=O) groups excluding carboxylic acids is 1. The number of rotatable bonds is 5. The Kier molecular flexibility index (Phi) is 5.20. The van der Waals surface area contributed by atoms with Crippen molar-refractivity contribution >= 4 is 11.7 Å². The minimum absolute atomic E-state index is 0.0777. The number of benzene rings is 1. The number of aromatic nitrogens is 1. The van der Waals surface area contributed by atoms with E-state index in [1.54, 1.807) is 24.3 Å². The van der Waals surface area contributed by atoms with Crippen LogP contribution in [0.1, 0.15) is 18.1 Å². The van der Waals surface area contributed by atoms with Crippen LogP contribution in [0.15, 0.2) is 42.6 Å². The molecular formula is C16H15F3N2O2.